The summed E-state index contributed by atoms with van der Waals surface area (Å²) in [6, 6.07) is 14.5. The molecule has 2 aromatic rings. The molecule has 2 fully saturated rings. The van der Waals surface area contributed by atoms with Gasteiger partial charge in [-0.2, -0.15) is 10.5 Å². The number of halogens is 2. The van der Waals surface area contributed by atoms with Crippen LogP contribution in [-0.2, 0) is 17.8 Å². The third-order valence-corrected chi connectivity index (χ3v) is 7.73. The Bertz CT molecular complexity index is 1250. The van der Waals surface area contributed by atoms with Crippen molar-refractivity contribution in [1.82, 2.24) is 15.1 Å². The van der Waals surface area contributed by atoms with Crippen LogP contribution in [0.4, 0.5) is 5.69 Å². The summed E-state index contributed by atoms with van der Waals surface area (Å²) in [5.74, 6) is -0.452. The second kappa shape index (κ2) is 13.2. The number of carbonyl (C=O) groups excluding carboxylic acids is 1. The second-order valence-electron chi connectivity index (χ2n) is 9.86. The molecule has 0 aliphatic carbocycles. The van der Waals surface area contributed by atoms with Crippen LogP contribution < -0.4 is 10.6 Å². The summed E-state index contributed by atoms with van der Waals surface area (Å²) in [5.41, 5.74) is 3.60. The summed E-state index contributed by atoms with van der Waals surface area (Å²) in [7, 11) is 0. The monoisotopic (exact) mass is 550 g/mol. The minimum atomic E-state index is -0.523. The van der Waals surface area contributed by atoms with Gasteiger partial charge in [-0.1, -0.05) is 41.8 Å². The van der Waals surface area contributed by atoms with Gasteiger partial charge in [0, 0.05) is 48.1 Å². The van der Waals surface area contributed by atoms with Crippen LogP contribution in [0.5, 0.6) is 0 Å². The van der Waals surface area contributed by atoms with E-state index in [-0.39, 0.29) is 11.1 Å². The zero-order valence-electron chi connectivity index (χ0n) is 21.6. The summed E-state index contributed by atoms with van der Waals surface area (Å²) < 4.78 is 0. The maximum absolute atomic E-state index is 13.9. The van der Waals surface area contributed by atoms with E-state index >= 15 is 0 Å². The highest BCUT2D eigenvalue weighted by Gasteiger charge is 2.32. The summed E-state index contributed by atoms with van der Waals surface area (Å²) in [6.45, 7) is 6.94. The highest BCUT2D eigenvalue weighted by molar-refractivity contribution is 6.34. The fourth-order valence-corrected chi connectivity index (χ4v) is 5.84. The van der Waals surface area contributed by atoms with Crippen molar-refractivity contribution in [3.63, 3.8) is 0 Å². The molecule has 0 spiro atoms. The maximum atomic E-state index is 13.9. The Hall–Kier alpha value is -2.91. The lowest BCUT2D eigenvalue weighted by atomic mass is 9.93. The molecule has 198 valence electrons. The largest absolute Gasteiger partial charge is 0.322 e. The summed E-state index contributed by atoms with van der Waals surface area (Å²) in [6.07, 6.45) is 4.06. The molecular weight excluding hydrogens is 519 g/mol. The molecule has 38 heavy (non-hydrogen) atoms. The second-order valence-corrected chi connectivity index (χ2v) is 10.7. The number of allylic oxidation sites excluding steroid dienone is 1. The Labute approximate surface area is 234 Å². The molecule has 9 heteroatoms. The van der Waals surface area contributed by atoms with Crippen molar-refractivity contribution in [2.75, 3.05) is 38.2 Å². The van der Waals surface area contributed by atoms with Crippen LogP contribution in [-0.4, -0.2) is 54.6 Å². The normalized spacial score (nSPS) is 16.9. The molecule has 7 nitrogen and oxygen atoms in total. The molecule has 1 unspecified atom stereocenters. The number of likely N-dealkylation sites (tertiary alicyclic amines) is 1. The van der Waals surface area contributed by atoms with E-state index in [1.54, 1.807) is 18.2 Å². The first kappa shape index (κ1) is 28.1. The van der Waals surface area contributed by atoms with Crippen molar-refractivity contribution in [1.29, 1.82) is 10.5 Å². The minimum absolute atomic E-state index is 0.149. The highest BCUT2D eigenvalue weighted by atomic mass is 35.5. The Balaban J connectivity index is 1.66. The van der Waals surface area contributed by atoms with Crippen molar-refractivity contribution in [2.45, 2.75) is 45.2 Å². The number of hydrogen-bond donors (Lipinski definition) is 2. The molecule has 2 N–H and O–H groups in total. The van der Waals surface area contributed by atoms with Crippen molar-refractivity contribution in [3.05, 3.63) is 74.3 Å². The lowest BCUT2D eigenvalue weighted by Crippen LogP contribution is -2.41. The molecule has 2 heterocycles. The number of nitrogens with zero attached hydrogens (tertiary/aromatic N) is 4. The standard InChI is InChI=1S/C29H32Cl2N6O/c1-20-22(18-36-9-3-2-4-10-36)6-5-7-26(20)35-29(38)28(23(16-32)17-33)27(37-11-8-34-19-37)14-21-12-24(30)15-25(31)13-21/h5-7,12-13,15,27,34H,2-4,8-11,14,18-19H2,1H3,(H,35,38). The Kier molecular flexibility index (Phi) is 9.80. The number of amides is 1. The smallest absolute Gasteiger partial charge is 0.255 e. The number of rotatable bonds is 8. The molecule has 1 atom stereocenters. The molecule has 2 aliphatic rings. The van der Waals surface area contributed by atoms with Gasteiger partial charge in [0.05, 0.1) is 5.57 Å². The highest BCUT2D eigenvalue weighted by Crippen LogP contribution is 2.28. The van der Waals surface area contributed by atoms with Gasteiger partial charge in [0.1, 0.15) is 17.7 Å². The van der Waals surface area contributed by atoms with Gasteiger partial charge in [0.25, 0.3) is 5.91 Å². The molecule has 4 rings (SSSR count). The van der Waals surface area contributed by atoms with Crippen molar-refractivity contribution in [2.24, 2.45) is 0 Å². The summed E-state index contributed by atoms with van der Waals surface area (Å²) >= 11 is 12.5. The first-order valence-electron chi connectivity index (χ1n) is 13.0. The molecule has 2 aliphatic heterocycles. The molecule has 0 radical (unpaired) electrons. The molecular formula is C29H32Cl2N6O. The summed E-state index contributed by atoms with van der Waals surface area (Å²) in [5, 5.41) is 27.0. The van der Waals surface area contributed by atoms with Gasteiger partial charge in [-0.15, -0.1) is 0 Å². The fourth-order valence-electron chi connectivity index (χ4n) is 5.27. The first-order valence-corrected chi connectivity index (χ1v) is 13.7. The van der Waals surface area contributed by atoms with E-state index < -0.39 is 11.9 Å². The van der Waals surface area contributed by atoms with Crippen LogP contribution in [0.3, 0.4) is 0 Å². The van der Waals surface area contributed by atoms with Gasteiger partial charge >= 0.3 is 0 Å². The lowest BCUT2D eigenvalue weighted by molar-refractivity contribution is -0.113. The van der Waals surface area contributed by atoms with E-state index in [0.717, 1.165) is 42.9 Å². The van der Waals surface area contributed by atoms with E-state index in [1.807, 2.05) is 31.2 Å². The molecule has 0 bridgehead atoms. The number of nitriles is 2. The van der Waals surface area contributed by atoms with Crippen LogP contribution in [0.15, 0.2) is 47.5 Å². The number of hydrogen-bond acceptors (Lipinski definition) is 6. The van der Waals surface area contributed by atoms with Crippen LogP contribution in [0.25, 0.3) is 0 Å². The maximum Gasteiger partial charge on any atom is 0.255 e. The molecule has 2 saturated heterocycles. The third kappa shape index (κ3) is 6.94. The van der Waals surface area contributed by atoms with E-state index in [0.29, 0.717) is 35.4 Å². The van der Waals surface area contributed by atoms with Crippen molar-refractivity contribution >= 4 is 34.8 Å². The van der Waals surface area contributed by atoms with Crippen molar-refractivity contribution < 1.29 is 4.79 Å². The zero-order valence-corrected chi connectivity index (χ0v) is 23.1. The van der Waals surface area contributed by atoms with Crippen LogP contribution in [0.2, 0.25) is 10.0 Å². The van der Waals surface area contributed by atoms with Gasteiger partial charge in [0.2, 0.25) is 0 Å². The van der Waals surface area contributed by atoms with Gasteiger partial charge < -0.3 is 10.6 Å². The van der Waals surface area contributed by atoms with Gasteiger partial charge in [0.15, 0.2) is 0 Å². The lowest BCUT2D eigenvalue weighted by Gasteiger charge is -2.29. The quantitative estimate of drug-likeness (QED) is 0.353. The summed E-state index contributed by atoms with van der Waals surface area (Å²) in [4.78, 5) is 18.4. The SMILES string of the molecule is Cc1c(CN2CCCCC2)cccc1NC(=O)C(=C(C#N)C#N)C(Cc1cc(Cl)cc(Cl)c1)N1CCNC1. The predicted molar refractivity (Wildman–Crippen MR) is 151 cm³/mol. The number of anilines is 1. The number of benzene rings is 2. The zero-order chi connectivity index (χ0) is 27.1. The van der Waals surface area contributed by atoms with Gasteiger partial charge in [-0.3, -0.25) is 14.6 Å². The Morgan fingerprint density at radius 2 is 1.79 bits per heavy atom. The molecule has 0 saturated carbocycles. The number of nitrogens with one attached hydrogen (secondary N) is 2. The number of piperidine rings is 1. The van der Waals surface area contributed by atoms with Crippen LogP contribution in [0, 0.1) is 29.6 Å². The van der Waals surface area contributed by atoms with Gasteiger partial charge in [-0.25, -0.2) is 0 Å². The third-order valence-electron chi connectivity index (χ3n) is 7.29. The Morgan fingerprint density at radius 1 is 1.08 bits per heavy atom. The van der Waals surface area contributed by atoms with Crippen molar-refractivity contribution in [3.8, 4) is 12.1 Å². The van der Waals surface area contributed by atoms with E-state index in [1.165, 1.54) is 19.3 Å². The van der Waals surface area contributed by atoms with Gasteiger partial charge in [-0.05, 0) is 80.2 Å². The fraction of sp³-hybridized carbons (Fsp3) is 0.414. The van der Waals surface area contributed by atoms with E-state index in [4.69, 9.17) is 23.2 Å². The van der Waals surface area contributed by atoms with Crippen LogP contribution in [0.1, 0.15) is 36.0 Å². The molecule has 1 amide bonds. The minimum Gasteiger partial charge on any atom is -0.322 e. The average molecular weight is 552 g/mol. The average Bonchev–Trinajstić information content (AvgIpc) is 3.43. The Morgan fingerprint density at radius 3 is 2.42 bits per heavy atom. The topological polar surface area (TPSA) is 95.2 Å². The van der Waals surface area contributed by atoms with E-state index in [2.05, 4.69) is 26.5 Å². The molecule has 0 aromatic heterocycles. The first-order chi connectivity index (χ1) is 18.4. The molecule has 2 aromatic carbocycles. The predicted octanol–water partition coefficient (Wildman–Crippen LogP) is 5.04. The van der Waals surface area contributed by atoms with Crippen LogP contribution >= 0.6 is 23.2 Å². The van der Waals surface area contributed by atoms with E-state index in [9.17, 15) is 15.3 Å². The number of carbonyl (C=O) groups is 1.